The number of benzene rings is 1. The van der Waals surface area contributed by atoms with E-state index in [4.69, 9.17) is 0 Å². The lowest BCUT2D eigenvalue weighted by Crippen LogP contribution is -2.46. The molecule has 2 fully saturated rings. The van der Waals surface area contributed by atoms with Crippen LogP contribution in [0.25, 0.3) is 10.4 Å². The maximum atomic E-state index is 13.1. The third kappa shape index (κ3) is 3.60. The van der Waals surface area contributed by atoms with Gasteiger partial charge in [-0.1, -0.05) is 36.8 Å². The molecule has 28 heavy (non-hydrogen) atoms. The van der Waals surface area contributed by atoms with E-state index in [2.05, 4.69) is 41.0 Å². The molecular weight excluding hydrogens is 368 g/mol. The van der Waals surface area contributed by atoms with Crippen LogP contribution >= 0.6 is 11.3 Å². The third-order valence-electron chi connectivity index (χ3n) is 6.27. The van der Waals surface area contributed by atoms with Crippen molar-refractivity contribution in [3.8, 4) is 10.4 Å². The summed E-state index contributed by atoms with van der Waals surface area (Å²) in [5.74, 6) is 0.521. The molecule has 1 saturated carbocycles. The molecule has 0 bridgehead atoms. The van der Waals surface area contributed by atoms with Crippen molar-refractivity contribution >= 4 is 23.2 Å². The molecule has 4 rings (SSSR count). The summed E-state index contributed by atoms with van der Waals surface area (Å²) in [6, 6.07) is 12.6. The highest BCUT2D eigenvalue weighted by atomic mass is 32.1. The smallest absolute Gasteiger partial charge is 0.228 e. The molecule has 1 N–H and O–H groups in total. The maximum Gasteiger partial charge on any atom is 0.228 e. The van der Waals surface area contributed by atoms with Crippen LogP contribution in [0.1, 0.15) is 38.2 Å². The van der Waals surface area contributed by atoms with E-state index in [0.717, 1.165) is 25.7 Å². The summed E-state index contributed by atoms with van der Waals surface area (Å²) in [6.07, 6.45) is 4.56. The minimum atomic E-state index is -0.539. The Morgan fingerprint density at radius 3 is 2.71 bits per heavy atom. The summed E-state index contributed by atoms with van der Waals surface area (Å²) >= 11 is 1.72. The van der Waals surface area contributed by atoms with Crippen LogP contribution < -0.4 is 5.32 Å². The first-order valence-electron chi connectivity index (χ1n) is 10.3. The zero-order valence-corrected chi connectivity index (χ0v) is 17.3. The van der Waals surface area contributed by atoms with Crippen molar-refractivity contribution in [1.29, 1.82) is 0 Å². The highest BCUT2D eigenvalue weighted by Gasteiger charge is 2.47. The van der Waals surface area contributed by atoms with Gasteiger partial charge in [0.1, 0.15) is 0 Å². The van der Waals surface area contributed by atoms with Gasteiger partial charge in [0, 0.05) is 30.4 Å². The minimum absolute atomic E-state index is 0.0832. The summed E-state index contributed by atoms with van der Waals surface area (Å²) in [4.78, 5) is 29.1. The van der Waals surface area contributed by atoms with E-state index in [1.165, 1.54) is 16.0 Å². The summed E-state index contributed by atoms with van der Waals surface area (Å²) in [7, 11) is 0. The van der Waals surface area contributed by atoms with Crippen LogP contribution in [0.5, 0.6) is 0 Å². The second-order valence-corrected chi connectivity index (χ2v) is 9.04. The zero-order chi connectivity index (χ0) is 19.6. The first kappa shape index (κ1) is 19.2. The van der Waals surface area contributed by atoms with E-state index in [9.17, 15) is 9.59 Å². The molecule has 1 aromatic carbocycles. The lowest BCUT2D eigenvalue weighted by molar-refractivity contribution is -0.138. The van der Waals surface area contributed by atoms with Crippen molar-refractivity contribution in [1.82, 2.24) is 10.2 Å². The SMILES string of the molecule is CCNC(=O)C1(Cc2ccccc2-c2cccs2)CCN(C(=O)C2CCC2)C1. The average Bonchev–Trinajstić information content (AvgIpc) is 3.32. The van der Waals surface area contributed by atoms with E-state index in [1.54, 1.807) is 11.3 Å². The van der Waals surface area contributed by atoms with Crippen molar-refractivity contribution in [2.24, 2.45) is 11.3 Å². The largest absolute Gasteiger partial charge is 0.356 e. The van der Waals surface area contributed by atoms with Crippen LogP contribution in [-0.2, 0) is 16.0 Å². The number of carbonyl (C=O) groups is 2. The maximum absolute atomic E-state index is 13.1. The zero-order valence-electron chi connectivity index (χ0n) is 16.4. The van der Waals surface area contributed by atoms with Crippen molar-refractivity contribution < 1.29 is 9.59 Å². The molecule has 2 amide bonds. The van der Waals surface area contributed by atoms with Gasteiger partial charge in [-0.25, -0.2) is 0 Å². The molecule has 1 aliphatic heterocycles. The Morgan fingerprint density at radius 1 is 1.21 bits per heavy atom. The summed E-state index contributed by atoms with van der Waals surface area (Å²) in [6.45, 7) is 3.79. The number of carbonyl (C=O) groups excluding carboxylic acids is 2. The number of rotatable bonds is 6. The van der Waals surface area contributed by atoms with Gasteiger partial charge >= 0.3 is 0 Å². The highest BCUT2D eigenvalue weighted by Crippen LogP contribution is 2.40. The molecule has 0 radical (unpaired) electrons. The van der Waals surface area contributed by atoms with Gasteiger partial charge in [-0.15, -0.1) is 11.3 Å². The Morgan fingerprint density at radius 2 is 2.04 bits per heavy atom. The second-order valence-electron chi connectivity index (χ2n) is 8.09. The fraction of sp³-hybridized carbons (Fsp3) is 0.478. The number of nitrogens with zero attached hydrogens (tertiary/aromatic N) is 1. The molecule has 2 aromatic rings. The number of thiophene rings is 1. The molecule has 1 aromatic heterocycles. The predicted molar refractivity (Wildman–Crippen MR) is 113 cm³/mol. The highest BCUT2D eigenvalue weighted by molar-refractivity contribution is 7.13. The molecule has 2 aliphatic rings. The van der Waals surface area contributed by atoms with E-state index in [0.29, 0.717) is 26.1 Å². The molecule has 1 atom stereocenters. The van der Waals surface area contributed by atoms with Crippen LogP contribution in [0.2, 0.25) is 0 Å². The summed E-state index contributed by atoms with van der Waals surface area (Å²) in [5.41, 5.74) is 1.85. The lowest BCUT2D eigenvalue weighted by atomic mass is 9.78. The Balaban J connectivity index is 1.61. The number of likely N-dealkylation sites (tertiary alicyclic amines) is 1. The predicted octanol–water partition coefficient (Wildman–Crippen LogP) is 4.11. The Hall–Kier alpha value is -2.14. The van der Waals surface area contributed by atoms with E-state index >= 15 is 0 Å². The van der Waals surface area contributed by atoms with E-state index < -0.39 is 5.41 Å². The lowest BCUT2D eigenvalue weighted by Gasteiger charge is -2.32. The molecule has 1 saturated heterocycles. The fourth-order valence-corrected chi connectivity index (χ4v) is 5.23. The minimum Gasteiger partial charge on any atom is -0.356 e. The summed E-state index contributed by atoms with van der Waals surface area (Å²) in [5, 5.41) is 5.13. The Bertz CT molecular complexity index is 844. The number of hydrogen-bond acceptors (Lipinski definition) is 3. The van der Waals surface area contributed by atoms with Crippen LogP contribution in [-0.4, -0.2) is 36.3 Å². The van der Waals surface area contributed by atoms with Crippen LogP contribution in [0.4, 0.5) is 0 Å². The van der Waals surface area contributed by atoms with Crippen LogP contribution in [0.15, 0.2) is 41.8 Å². The molecule has 1 aliphatic carbocycles. The monoisotopic (exact) mass is 396 g/mol. The van der Waals surface area contributed by atoms with E-state index in [-0.39, 0.29) is 17.7 Å². The Kier molecular flexibility index (Phi) is 5.54. The molecule has 1 unspecified atom stereocenters. The molecule has 4 nitrogen and oxygen atoms in total. The van der Waals surface area contributed by atoms with Gasteiger partial charge in [-0.3, -0.25) is 9.59 Å². The van der Waals surface area contributed by atoms with Crippen molar-refractivity contribution in [3.63, 3.8) is 0 Å². The van der Waals surface area contributed by atoms with Gasteiger partial charge in [0.2, 0.25) is 11.8 Å². The number of amides is 2. The Labute approximate surface area is 170 Å². The van der Waals surface area contributed by atoms with Crippen molar-refractivity contribution in [3.05, 3.63) is 47.3 Å². The third-order valence-corrected chi connectivity index (χ3v) is 7.17. The van der Waals surface area contributed by atoms with Gasteiger partial charge in [0.25, 0.3) is 0 Å². The first-order valence-corrected chi connectivity index (χ1v) is 11.2. The average molecular weight is 397 g/mol. The first-order chi connectivity index (χ1) is 13.6. The molecule has 5 heteroatoms. The molecule has 148 valence electrons. The van der Waals surface area contributed by atoms with Gasteiger partial charge < -0.3 is 10.2 Å². The second kappa shape index (κ2) is 8.08. The number of hydrogen-bond donors (Lipinski definition) is 1. The summed E-state index contributed by atoms with van der Waals surface area (Å²) < 4.78 is 0. The topological polar surface area (TPSA) is 49.4 Å². The van der Waals surface area contributed by atoms with Crippen molar-refractivity contribution in [2.75, 3.05) is 19.6 Å². The quantitative estimate of drug-likeness (QED) is 0.799. The van der Waals surface area contributed by atoms with Crippen LogP contribution in [0, 0.1) is 11.3 Å². The van der Waals surface area contributed by atoms with Gasteiger partial charge in [-0.2, -0.15) is 0 Å². The van der Waals surface area contributed by atoms with E-state index in [1.807, 2.05) is 17.9 Å². The fourth-order valence-electron chi connectivity index (χ4n) is 4.44. The normalized spacial score (nSPS) is 22.1. The molecular formula is C23H28N2O2S. The number of nitrogens with one attached hydrogen (secondary N) is 1. The van der Waals surface area contributed by atoms with Gasteiger partial charge in [0.05, 0.1) is 5.41 Å². The van der Waals surface area contributed by atoms with Gasteiger partial charge in [-0.05, 0) is 55.2 Å². The molecule has 0 spiro atoms. The van der Waals surface area contributed by atoms with Crippen molar-refractivity contribution in [2.45, 2.75) is 39.0 Å². The standard InChI is InChI=1S/C23H28N2O2S/c1-2-24-22(27)23(12-13-25(16-23)21(26)17-8-5-9-17)15-18-7-3-4-10-19(18)20-11-6-14-28-20/h3-4,6-7,10-11,14,17H,2,5,8-9,12-13,15-16H2,1H3,(H,24,27). The van der Waals surface area contributed by atoms with Gasteiger partial charge in [0.15, 0.2) is 0 Å². The van der Waals surface area contributed by atoms with Crippen LogP contribution in [0.3, 0.4) is 0 Å². The molecule has 2 heterocycles.